The van der Waals surface area contributed by atoms with Crippen LogP contribution in [-0.2, 0) is 6.42 Å². The number of rotatable bonds is 12. The van der Waals surface area contributed by atoms with Crippen LogP contribution in [0.1, 0.15) is 84.1 Å². The summed E-state index contributed by atoms with van der Waals surface area (Å²) in [5.41, 5.74) is 2.56. The van der Waals surface area contributed by atoms with Gasteiger partial charge < -0.3 is 0 Å². The Kier molecular flexibility index (Phi) is 7.83. The molecule has 0 atom stereocenters. The molecule has 28 heavy (non-hydrogen) atoms. The fraction of sp³-hybridized carbons (Fsp3) is 0.440. The quantitative estimate of drug-likeness (QED) is 0.334. The highest BCUT2D eigenvalue weighted by atomic mass is 16.2. The highest BCUT2D eigenvalue weighted by Crippen LogP contribution is 2.23. The lowest BCUT2D eigenvalue weighted by Gasteiger charge is -2.13. The van der Waals surface area contributed by atoms with Gasteiger partial charge in [0.2, 0.25) is 0 Å². The average Bonchev–Trinajstić information content (AvgIpc) is 2.97. The van der Waals surface area contributed by atoms with Crippen LogP contribution in [0.5, 0.6) is 0 Å². The van der Waals surface area contributed by atoms with Gasteiger partial charge in [0.25, 0.3) is 11.8 Å². The summed E-state index contributed by atoms with van der Waals surface area (Å²) in [7, 11) is 0. The Labute approximate surface area is 168 Å². The molecule has 2 aromatic rings. The second-order valence-electron chi connectivity index (χ2n) is 7.73. The molecular formula is C25H31NO2. The topological polar surface area (TPSA) is 37.4 Å². The van der Waals surface area contributed by atoms with E-state index in [0.717, 1.165) is 12.8 Å². The number of benzene rings is 2. The lowest BCUT2D eigenvalue weighted by Crippen LogP contribution is -2.30. The van der Waals surface area contributed by atoms with E-state index in [-0.39, 0.29) is 11.8 Å². The molecule has 3 heteroatoms. The van der Waals surface area contributed by atoms with E-state index in [1.54, 1.807) is 12.1 Å². The third-order valence-electron chi connectivity index (χ3n) is 5.57. The predicted molar refractivity (Wildman–Crippen MR) is 114 cm³/mol. The van der Waals surface area contributed by atoms with Crippen LogP contribution in [0.25, 0.3) is 0 Å². The fourth-order valence-electron chi connectivity index (χ4n) is 3.92. The monoisotopic (exact) mass is 377 g/mol. The summed E-state index contributed by atoms with van der Waals surface area (Å²) in [6.45, 7) is 0.547. The van der Waals surface area contributed by atoms with Crippen LogP contribution in [-0.4, -0.2) is 23.3 Å². The van der Waals surface area contributed by atoms with Crippen molar-refractivity contribution in [2.75, 3.05) is 6.54 Å². The van der Waals surface area contributed by atoms with Crippen LogP contribution >= 0.6 is 0 Å². The Morgan fingerprint density at radius 3 is 1.57 bits per heavy atom. The predicted octanol–water partition coefficient (Wildman–Crippen LogP) is 6.04. The van der Waals surface area contributed by atoms with Crippen molar-refractivity contribution < 1.29 is 9.59 Å². The van der Waals surface area contributed by atoms with Crippen molar-refractivity contribution in [1.29, 1.82) is 0 Å². The number of aryl methyl sites for hydroxylation is 1. The van der Waals surface area contributed by atoms with Gasteiger partial charge >= 0.3 is 0 Å². The van der Waals surface area contributed by atoms with E-state index >= 15 is 0 Å². The average molecular weight is 378 g/mol. The first-order valence-electron chi connectivity index (χ1n) is 10.8. The maximum absolute atomic E-state index is 12.3. The molecule has 0 saturated carbocycles. The Morgan fingerprint density at radius 1 is 0.536 bits per heavy atom. The van der Waals surface area contributed by atoms with E-state index in [1.807, 2.05) is 12.1 Å². The van der Waals surface area contributed by atoms with Crippen LogP contribution in [0.15, 0.2) is 54.6 Å². The highest BCUT2D eigenvalue weighted by molar-refractivity contribution is 6.21. The van der Waals surface area contributed by atoms with E-state index in [1.165, 1.54) is 61.8 Å². The summed E-state index contributed by atoms with van der Waals surface area (Å²) in [4.78, 5) is 26.0. The minimum atomic E-state index is -0.129. The van der Waals surface area contributed by atoms with Crippen molar-refractivity contribution >= 4 is 11.8 Å². The first-order valence-corrected chi connectivity index (χ1v) is 10.8. The van der Waals surface area contributed by atoms with E-state index in [9.17, 15) is 9.59 Å². The standard InChI is InChI=1S/C25H31NO2/c27-24-22-18-12-13-19-23(22)25(28)26(24)20-14-7-5-3-1-2-4-6-9-15-21-16-10-8-11-17-21/h8,10-13,16-19H,1-7,9,14-15,20H2. The lowest BCUT2D eigenvalue weighted by atomic mass is 10.0. The highest BCUT2D eigenvalue weighted by Gasteiger charge is 2.34. The molecule has 2 aromatic carbocycles. The number of carbonyl (C=O) groups excluding carboxylic acids is 2. The maximum atomic E-state index is 12.3. The summed E-state index contributed by atoms with van der Waals surface area (Å²) >= 11 is 0. The van der Waals surface area contributed by atoms with Crippen LogP contribution in [0.3, 0.4) is 0 Å². The number of hydrogen-bond acceptors (Lipinski definition) is 2. The van der Waals surface area contributed by atoms with Crippen molar-refractivity contribution in [3.8, 4) is 0 Å². The molecule has 0 saturated heterocycles. The SMILES string of the molecule is O=C1c2ccccc2C(=O)N1CCCCCCCCCCCc1ccccc1. The third-order valence-corrected chi connectivity index (χ3v) is 5.57. The Hall–Kier alpha value is -2.42. The molecule has 0 fully saturated rings. The summed E-state index contributed by atoms with van der Waals surface area (Å²) in [5, 5.41) is 0. The van der Waals surface area contributed by atoms with Crippen molar-refractivity contribution in [2.24, 2.45) is 0 Å². The molecule has 0 unspecified atom stereocenters. The number of fused-ring (bicyclic) bond motifs is 1. The molecule has 0 aromatic heterocycles. The molecule has 0 radical (unpaired) electrons. The zero-order valence-electron chi connectivity index (χ0n) is 16.7. The van der Waals surface area contributed by atoms with Gasteiger partial charge in [-0.05, 0) is 37.0 Å². The first kappa shape index (κ1) is 20.3. The molecule has 1 heterocycles. The van der Waals surface area contributed by atoms with Gasteiger partial charge in [-0.15, -0.1) is 0 Å². The van der Waals surface area contributed by atoms with Crippen LogP contribution < -0.4 is 0 Å². The van der Waals surface area contributed by atoms with Gasteiger partial charge in [0, 0.05) is 6.54 Å². The van der Waals surface area contributed by atoms with Crippen LogP contribution in [0.4, 0.5) is 0 Å². The Morgan fingerprint density at radius 2 is 1.00 bits per heavy atom. The fourth-order valence-corrected chi connectivity index (χ4v) is 3.92. The Balaban J connectivity index is 1.18. The van der Waals surface area contributed by atoms with E-state index < -0.39 is 0 Å². The van der Waals surface area contributed by atoms with E-state index in [2.05, 4.69) is 30.3 Å². The Bertz CT molecular complexity index is 734. The number of hydrogen-bond donors (Lipinski definition) is 0. The van der Waals surface area contributed by atoms with E-state index in [0.29, 0.717) is 17.7 Å². The zero-order chi connectivity index (χ0) is 19.6. The van der Waals surface area contributed by atoms with Gasteiger partial charge in [-0.2, -0.15) is 0 Å². The minimum absolute atomic E-state index is 0.129. The van der Waals surface area contributed by atoms with E-state index in [4.69, 9.17) is 0 Å². The molecule has 3 nitrogen and oxygen atoms in total. The summed E-state index contributed by atoms with van der Waals surface area (Å²) in [6.07, 6.45) is 12.1. The smallest absolute Gasteiger partial charge is 0.261 e. The van der Waals surface area contributed by atoms with Gasteiger partial charge in [0.1, 0.15) is 0 Å². The van der Waals surface area contributed by atoms with Gasteiger partial charge in [-0.25, -0.2) is 0 Å². The molecular weight excluding hydrogens is 346 g/mol. The summed E-state index contributed by atoms with van der Waals surface area (Å²) in [6, 6.07) is 17.8. The lowest BCUT2D eigenvalue weighted by molar-refractivity contribution is 0.0651. The second-order valence-corrected chi connectivity index (χ2v) is 7.73. The molecule has 0 N–H and O–H groups in total. The molecule has 0 bridgehead atoms. The number of carbonyl (C=O) groups is 2. The van der Waals surface area contributed by atoms with Crippen molar-refractivity contribution in [1.82, 2.24) is 4.90 Å². The molecule has 2 amide bonds. The molecule has 1 aliphatic heterocycles. The first-order chi connectivity index (χ1) is 13.8. The normalized spacial score (nSPS) is 13.2. The summed E-state index contributed by atoms with van der Waals surface area (Å²) < 4.78 is 0. The molecule has 0 spiro atoms. The second kappa shape index (κ2) is 10.8. The van der Waals surface area contributed by atoms with Crippen molar-refractivity contribution in [2.45, 2.75) is 64.2 Å². The number of amides is 2. The minimum Gasteiger partial charge on any atom is -0.274 e. The molecule has 0 aliphatic carbocycles. The van der Waals surface area contributed by atoms with Gasteiger partial charge in [-0.3, -0.25) is 14.5 Å². The third kappa shape index (κ3) is 5.54. The zero-order valence-corrected chi connectivity index (χ0v) is 16.7. The largest absolute Gasteiger partial charge is 0.274 e. The van der Waals surface area contributed by atoms with Crippen LogP contribution in [0.2, 0.25) is 0 Å². The number of unbranched alkanes of at least 4 members (excludes halogenated alkanes) is 8. The van der Waals surface area contributed by atoms with Gasteiger partial charge in [0.15, 0.2) is 0 Å². The van der Waals surface area contributed by atoms with Gasteiger partial charge in [-0.1, -0.05) is 87.4 Å². The maximum Gasteiger partial charge on any atom is 0.261 e. The number of nitrogens with zero attached hydrogens (tertiary/aromatic N) is 1. The molecule has 3 rings (SSSR count). The van der Waals surface area contributed by atoms with Gasteiger partial charge in [0.05, 0.1) is 11.1 Å². The number of imide groups is 1. The van der Waals surface area contributed by atoms with Crippen molar-refractivity contribution in [3.05, 3.63) is 71.3 Å². The molecule has 1 aliphatic rings. The summed E-state index contributed by atoms with van der Waals surface area (Å²) in [5.74, 6) is -0.257. The molecule has 148 valence electrons. The van der Waals surface area contributed by atoms with Crippen molar-refractivity contribution in [3.63, 3.8) is 0 Å². The van der Waals surface area contributed by atoms with Crippen LogP contribution in [0, 0.1) is 0 Å².